The van der Waals surface area contributed by atoms with Crippen molar-refractivity contribution in [2.45, 2.75) is 19.5 Å². The first-order valence-electron chi connectivity index (χ1n) is 11.1. The van der Waals surface area contributed by atoms with Crippen molar-refractivity contribution in [2.75, 3.05) is 26.3 Å². The number of nitrogens with zero attached hydrogens (tertiary/aromatic N) is 6. The fourth-order valence-corrected chi connectivity index (χ4v) is 4.51. The summed E-state index contributed by atoms with van der Waals surface area (Å²) in [4.78, 5) is 2.45. The van der Waals surface area contributed by atoms with E-state index in [1.807, 2.05) is 18.3 Å². The number of alkyl halides is 2. The summed E-state index contributed by atoms with van der Waals surface area (Å²) in [6, 6.07) is 15.7. The van der Waals surface area contributed by atoms with Crippen LogP contribution in [0.2, 0.25) is 0 Å². The normalized spacial score (nSPS) is 17.1. The van der Waals surface area contributed by atoms with Crippen molar-refractivity contribution in [2.24, 2.45) is 5.41 Å². The molecule has 1 spiro atoms. The van der Waals surface area contributed by atoms with E-state index in [4.69, 9.17) is 9.15 Å². The van der Waals surface area contributed by atoms with Gasteiger partial charge in [0.25, 0.3) is 5.89 Å². The summed E-state index contributed by atoms with van der Waals surface area (Å²) in [6.07, 6.45) is -0.875. The van der Waals surface area contributed by atoms with Gasteiger partial charge in [0, 0.05) is 36.2 Å². The minimum atomic E-state index is -2.78. The lowest BCUT2D eigenvalue weighted by Crippen LogP contribution is -2.65. The number of ether oxygens (including phenoxy) is 1. The van der Waals surface area contributed by atoms with E-state index in [9.17, 15) is 8.78 Å². The summed E-state index contributed by atoms with van der Waals surface area (Å²) in [7, 11) is 0. The van der Waals surface area contributed by atoms with Crippen LogP contribution in [0.3, 0.4) is 0 Å². The molecule has 0 bridgehead atoms. The monoisotopic (exact) mass is 464 g/mol. The molecule has 10 heteroatoms. The highest BCUT2D eigenvalue weighted by Gasteiger charge is 2.48. The summed E-state index contributed by atoms with van der Waals surface area (Å²) < 4.78 is 37.4. The van der Waals surface area contributed by atoms with Crippen molar-refractivity contribution in [1.82, 2.24) is 30.1 Å². The van der Waals surface area contributed by atoms with Gasteiger partial charge in [0.05, 0.1) is 26.0 Å². The van der Waals surface area contributed by atoms with Crippen LogP contribution < -0.4 is 0 Å². The van der Waals surface area contributed by atoms with Crippen LogP contribution in [0.25, 0.3) is 22.7 Å². The number of benzene rings is 2. The molecule has 8 nitrogen and oxygen atoms in total. The number of aromatic nitrogens is 5. The molecule has 0 unspecified atom stereocenters. The van der Waals surface area contributed by atoms with E-state index in [0.717, 1.165) is 49.7 Å². The highest BCUT2D eigenvalue weighted by atomic mass is 19.3. The fraction of sp³-hybridized carbons (Fsp3) is 0.333. The molecule has 0 aliphatic carbocycles. The van der Waals surface area contributed by atoms with Crippen LogP contribution >= 0.6 is 0 Å². The molecule has 6 rings (SSSR count). The first-order valence-corrected chi connectivity index (χ1v) is 11.1. The van der Waals surface area contributed by atoms with E-state index in [-0.39, 0.29) is 5.89 Å². The molecular weight excluding hydrogens is 442 g/mol. The van der Waals surface area contributed by atoms with Gasteiger partial charge in [0.2, 0.25) is 5.89 Å². The van der Waals surface area contributed by atoms with Crippen molar-refractivity contribution in [3.63, 3.8) is 0 Å². The zero-order valence-corrected chi connectivity index (χ0v) is 18.3. The Hall–Kier alpha value is -3.50. The van der Waals surface area contributed by atoms with Gasteiger partial charge in [0.15, 0.2) is 0 Å². The topological polar surface area (TPSA) is 82.1 Å². The van der Waals surface area contributed by atoms with Gasteiger partial charge in [-0.25, -0.2) is 4.68 Å². The second-order valence-electron chi connectivity index (χ2n) is 9.08. The minimum Gasteiger partial charge on any atom is -0.415 e. The SMILES string of the molecule is FC(F)c1nnc(-c2ccc(Cn3cc(-c4ccc(CN5CC6(COC6)C5)cc4)nn3)cc2)o1. The zero-order chi connectivity index (χ0) is 23.1. The molecule has 2 aromatic heterocycles. The Balaban J connectivity index is 1.07. The van der Waals surface area contributed by atoms with Gasteiger partial charge < -0.3 is 9.15 Å². The zero-order valence-electron chi connectivity index (χ0n) is 18.3. The van der Waals surface area contributed by atoms with Gasteiger partial charge in [0.1, 0.15) is 5.69 Å². The van der Waals surface area contributed by atoms with Crippen molar-refractivity contribution >= 4 is 0 Å². The molecule has 4 heterocycles. The van der Waals surface area contributed by atoms with Gasteiger partial charge in [-0.1, -0.05) is 41.6 Å². The van der Waals surface area contributed by atoms with Gasteiger partial charge in [-0.3, -0.25) is 4.90 Å². The van der Waals surface area contributed by atoms with Gasteiger partial charge in [-0.2, -0.15) is 8.78 Å². The summed E-state index contributed by atoms with van der Waals surface area (Å²) >= 11 is 0. The van der Waals surface area contributed by atoms with Crippen LogP contribution in [-0.4, -0.2) is 56.4 Å². The molecule has 0 saturated carbocycles. The number of hydrogen-bond acceptors (Lipinski definition) is 7. The molecule has 2 aliphatic rings. The third-order valence-electron chi connectivity index (χ3n) is 6.30. The molecule has 0 amide bonds. The smallest absolute Gasteiger partial charge is 0.314 e. The first kappa shape index (κ1) is 21.1. The van der Waals surface area contributed by atoms with E-state index in [1.165, 1.54) is 5.56 Å². The van der Waals surface area contributed by atoms with E-state index < -0.39 is 12.3 Å². The molecule has 174 valence electrons. The number of likely N-dealkylation sites (tertiary alicyclic amines) is 1. The second kappa shape index (κ2) is 8.37. The fourth-order valence-electron chi connectivity index (χ4n) is 4.51. The van der Waals surface area contributed by atoms with E-state index >= 15 is 0 Å². The van der Waals surface area contributed by atoms with E-state index in [0.29, 0.717) is 17.5 Å². The second-order valence-corrected chi connectivity index (χ2v) is 9.08. The molecule has 2 aromatic carbocycles. The molecule has 2 fully saturated rings. The van der Waals surface area contributed by atoms with Crippen molar-refractivity contribution in [3.8, 4) is 22.7 Å². The Morgan fingerprint density at radius 2 is 1.53 bits per heavy atom. The maximum atomic E-state index is 12.6. The molecule has 2 saturated heterocycles. The maximum absolute atomic E-state index is 12.6. The van der Waals surface area contributed by atoms with Gasteiger partial charge >= 0.3 is 6.43 Å². The van der Waals surface area contributed by atoms with Crippen LogP contribution in [0.15, 0.2) is 59.1 Å². The summed E-state index contributed by atoms with van der Waals surface area (Å²) in [5.74, 6) is -0.612. The Labute approximate surface area is 194 Å². The predicted molar refractivity (Wildman–Crippen MR) is 118 cm³/mol. The highest BCUT2D eigenvalue weighted by Crippen LogP contribution is 2.38. The summed E-state index contributed by atoms with van der Waals surface area (Å²) in [5, 5.41) is 15.6. The third kappa shape index (κ3) is 4.10. The number of halogens is 2. The molecule has 0 radical (unpaired) electrons. The van der Waals surface area contributed by atoms with Crippen LogP contribution in [0.1, 0.15) is 23.4 Å². The standard InChI is InChI=1S/C24H22F2N6O2/c25-21(26)23-29-28-22(34-23)19-7-3-17(4-8-19)10-32-11-20(27-30-32)18-5-1-16(2-6-18)9-31-12-24(13-31)14-33-15-24/h1-8,11,21H,9-10,12-15H2. The summed E-state index contributed by atoms with van der Waals surface area (Å²) in [5.41, 5.74) is 5.11. The number of rotatable bonds is 7. The van der Waals surface area contributed by atoms with Crippen LogP contribution in [0.5, 0.6) is 0 Å². The van der Waals surface area contributed by atoms with Crippen LogP contribution in [0.4, 0.5) is 8.78 Å². The molecule has 34 heavy (non-hydrogen) atoms. The summed E-state index contributed by atoms with van der Waals surface area (Å²) in [6.45, 7) is 5.53. The molecule has 0 atom stereocenters. The lowest BCUT2D eigenvalue weighted by atomic mass is 9.78. The van der Waals surface area contributed by atoms with E-state index in [2.05, 4.69) is 49.7 Å². The minimum absolute atomic E-state index is 0.0685. The quantitative estimate of drug-likeness (QED) is 0.411. The molecular formula is C24H22F2N6O2. The Morgan fingerprint density at radius 3 is 2.15 bits per heavy atom. The van der Waals surface area contributed by atoms with Crippen LogP contribution in [0, 0.1) is 5.41 Å². The van der Waals surface area contributed by atoms with Gasteiger partial charge in [-0.15, -0.1) is 15.3 Å². The lowest BCUT2D eigenvalue weighted by molar-refractivity contribution is -0.191. The lowest BCUT2D eigenvalue weighted by Gasteiger charge is -2.55. The van der Waals surface area contributed by atoms with Crippen molar-refractivity contribution in [1.29, 1.82) is 0 Å². The molecule has 4 aromatic rings. The molecule has 2 aliphatic heterocycles. The molecule has 0 N–H and O–H groups in total. The average molecular weight is 464 g/mol. The Bertz CT molecular complexity index is 1270. The number of hydrogen-bond donors (Lipinski definition) is 0. The maximum Gasteiger partial charge on any atom is 0.314 e. The Kier molecular flexibility index (Phi) is 5.19. The highest BCUT2D eigenvalue weighted by molar-refractivity contribution is 5.58. The Morgan fingerprint density at radius 1 is 0.853 bits per heavy atom. The average Bonchev–Trinajstić information content (AvgIpc) is 3.46. The van der Waals surface area contributed by atoms with Crippen LogP contribution in [-0.2, 0) is 17.8 Å². The van der Waals surface area contributed by atoms with Crippen molar-refractivity contribution < 1.29 is 17.9 Å². The first-order chi connectivity index (χ1) is 16.6. The third-order valence-corrected chi connectivity index (χ3v) is 6.30. The van der Waals surface area contributed by atoms with Crippen molar-refractivity contribution in [3.05, 3.63) is 71.7 Å². The van der Waals surface area contributed by atoms with Gasteiger partial charge in [-0.05, 0) is 23.3 Å². The largest absolute Gasteiger partial charge is 0.415 e. The van der Waals surface area contributed by atoms with E-state index in [1.54, 1.807) is 16.8 Å². The predicted octanol–water partition coefficient (Wildman–Crippen LogP) is 3.81.